The Hall–Kier alpha value is -4.69. The molecule has 0 saturated heterocycles. The van der Waals surface area contributed by atoms with Crippen molar-refractivity contribution in [2.24, 2.45) is 4.40 Å². The van der Waals surface area contributed by atoms with Gasteiger partial charge in [-0.15, -0.1) is 4.40 Å². The number of hydrogen-bond donors (Lipinski definition) is 2. The molecule has 3 heterocycles. The van der Waals surface area contributed by atoms with Crippen molar-refractivity contribution in [3.05, 3.63) is 88.3 Å². The highest BCUT2D eigenvalue weighted by Crippen LogP contribution is 2.37. The van der Waals surface area contributed by atoms with E-state index in [1.165, 1.54) is 29.0 Å². The molecule has 0 unspecified atom stereocenters. The zero-order valence-corrected chi connectivity index (χ0v) is 18.9. The fourth-order valence-electron chi connectivity index (χ4n) is 3.89. The molecular weight excluding hydrogens is 470 g/mol. The zero-order chi connectivity index (χ0) is 24.6. The highest BCUT2D eigenvalue weighted by molar-refractivity contribution is 7.90. The van der Waals surface area contributed by atoms with Crippen molar-refractivity contribution in [1.82, 2.24) is 9.55 Å². The Kier molecular flexibility index (Phi) is 5.43. The summed E-state index contributed by atoms with van der Waals surface area (Å²) in [4.78, 5) is 17.8. The molecule has 2 aromatic heterocycles. The molecule has 2 aromatic carbocycles. The molecule has 174 valence electrons. The Bertz CT molecular complexity index is 1710. The molecule has 1 aliphatic rings. The number of nitrogens with zero attached hydrogens (tertiary/aromatic N) is 4. The third-order valence-corrected chi connectivity index (χ3v) is 6.75. The standard InChI is InChI=1S/C24H17N5O5S/c25-11-13-34-17-9-4-10-18-20(17)27-22(28-35(18,32)33)19-21(30)16-8-5-12-26-23(16)29(24(19)31)14-15-6-2-1-3-7-15/h1-10,12,30H,13-14H2,(H,27,28). The van der Waals surface area contributed by atoms with E-state index in [1.807, 2.05) is 36.4 Å². The van der Waals surface area contributed by atoms with Gasteiger partial charge in [0.25, 0.3) is 15.6 Å². The second-order valence-electron chi connectivity index (χ2n) is 7.59. The second-order valence-corrected chi connectivity index (χ2v) is 9.16. The molecule has 0 aliphatic carbocycles. The predicted molar refractivity (Wildman–Crippen MR) is 128 cm³/mol. The number of benzene rings is 2. The van der Waals surface area contributed by atoms with Crippen molar-refractivity contribution in [3.8, 4) is 17.6 Å². The number of sulfonamides is 1. The Morgan fingerprint density at radius 2 is 1.89 bits per heavy atom. The summed E-state index contributed by atoms with van der Waals surface area (Å²) in [6, 6.07) is 18.5. The Balaban J connectivity index is 1.73. The monoisotopic (exact) mass is 487 g/mol. The number of anilines is 1. The van der Waals surface area contributed by atoms with Gasteiger partial charge in [0.05, 0.1) is 11.9 Å². The van der Waals surface area contributed by atoms with E-state index in [0.717, 1.165) is 5.56 Å². The van der Waals surface area contributed by atoms with Crippen LogP contribution in [0, 0.1) is 11.3 Å². The summed E-state index contributed by atoms with van der Waals surface area (Å²) in [5.74, 6) is -0.727. The topological polar surface area (TPSA) is 147 Å². The van der Waals surface area contributed by atoms with Crippen LogP contribution >= 0.6 is 0 Å². The van der Waals surface area contributed by atoms with Crippen LogP contribution in [0.2, 0.25) is 0 Å². The minimum atomic E-state index is -4.26. The molecule has 0 radical (unpaired) electrons. The van der Waals surface area contributed by atoms with Gasteiger partial charge in [-0.2, -0.15) is 13.7 Å². The third kappa shape index (κ3) is 3.85. The molecule has 0 atom stereocenters. The van der Waals surface area contributed by atoms with Gasteiger partial charge >= 0.3 is 0 Å². The molecule has 0 amide bonds. The van der Waals surface area contributed by atoms with E-state index in [-0.39, 0.29) is 51.9 Å². The lowest BCUT2D eigenvalue weighted by atomic mass is 10.1. The Labute approximate surface area is 199 Å². The number of nitrogens with one attached hydrogen (secondary N) is 1. The zero-order valence-electron chi connectivity index (χ0n) is 18.0. The van der Waals surface area contributed by atoms with Gasteiger partial charge < -0.3 is 15.2 Å². The van der Waals surface area contributed by atoms with E-state index in [1.54, 1.807) is 12.1 Å². The summed E-state index contributed by atoms with van der Waals surface area (Å²) in [6.07, 6.45) is 1.50. The smallest absolute Gasteiger partial charge is 0.286 e. The van der Waals surface area contributed by atoms with Crippen LogP contribution in [0.15, 0.2) is 80.9 Å². The number of ether oxygens (including phenoxy) is 1. The van der Waals surface area contributed by atoms with Crippen molar-refractivity contribution in [3.63, 3.8) is 0 Å². The van der Waals surface area contributed by atoms with Gasteiger partial charge in [0, 0.05) is 6.20 Å². The lowest BCUT2D eigenvalue weighted by molar-refractivity contribution is 0.369. The molecule has 4 aromatic rings. The molecule has 11 heteroatoms. The van der Waals surface area contributed by atoms with Crippen LogP contribution in [-0.2, 0) is 16.6 Å². The second kappa shape index (κ2) is 8.58. The van der Waals surface area contributed by atoms with Crippen LogP contribution in [0.25, 0.3) is 11.0 Å². The van der Waals surface area contributed by atoms with Gasteiger partial charge in [-0.3, -0.25) is 9.36 Å². The minimum absolute atomic E-state index is 0.0208. The largest absolute Gasteiger partial charge is 0.506 e. The molecular formula is C24H17N5O5S. The maximum Gasteiger partial charge on any atom is 0.286 e. The lowest BCUT2D eigenvalue weighted by Gasteiger charge is -2.22. The molecule has 35 heavy (non-hydrogen) atoms. The van der Waals surface area contributed by atoms with Crippen molar-refractivity contribution in [1.29, 1.82) is 5.26 Å². The predicted octanol–water partition coefficient (Wildman–Crippen LogP) is 2.61. The average Bonchev–Trinajstić information content (AvgIpc) is 2.86. The van der Waals surface area contributed by atoms with Gasteiger partial charge in [0.1, 0.15) is 39.4 Å². The van der Waals surface area contributed by atoms with E-state index >= 15 is 0 Å². The molecule has 1 aliphatic heterocycles. The van der Waals surface area contributed by atoms with E-state index < -0.39 is 21.3 Å². The summed E-state index contributed by atoms with van der Waals surface area (Å²) < 4.78 is 36.5. The summed E-state index contributed by atoms with van der Waals surface area (Å²) in [5, 5.41) is 23.0. The van der Waals surface area contributed by atoms with E-state index in [2.05, 4.69) is 14.7 Å². The number of para-hydroxylation sites is 1. The Morgan fingerprint density at radius 3 is 2.66 bits per heavy atom. The van der Waals surface area contributed by atoms with Gasteiger partial charge in [-0.05, 0) is 29.8 Å². The molecule has 0 saturated carbocycles. The first-order valence-corrected chi connectivity index (χ1v) is 11.8. The third-order valence-electron chi connectivity index (χ3n) is 5.43. The highest BCUT2D eigenvalue weighted by Gasteiger charge is 2.32. The maximum absolute atomic E-state index is 13.7. The number of nitriles is 1. The van der Waals surface area contributed by atoms with Crippen molar-refractivity contribution in [2.75, 3.05) is 11.9 Å². The number of rotatable bonds is 5. The lowest BCUT2D eigenvalue weighted by Crippen LogP contribution is -2.33. The summed E-state index contributed by atoms with van der Waals surface area (Å²) in [6.45, 7) is -0.185. The normalized spacial score (nSPS) is 13.9. The summed E-state index contributed by atoms with van der Waals surface area (Å²) in [7, 11) is -4.26. The molecule has 2 N–H and O–H groups in total. The number of amidine groups is 1. The van der Waals surface area contributed by atoms with Crippen LogP contribution in [0.4, 0.5) is 5.69 Å². The first kappa shape index (κ1) is 22.1. The van der Waals surface area contributed by atoms with Gasteiger partial charge in [-0.25, -0.2) is 4.98 Å². The number of aromatic nitrogens is 2. The highest BCUT2D eigenvalue weighted by atomic mass is 32.2. The number of aromatic hydroxyl groups is 1. The van der Waals surface area contributed by atoms with Crippen LogP contribution in [0.5, 0.6) is 11.5 Å². The maximum atomic E-state index is 13.7. The van der Waals surface area contributed by atoms with E-state index in [4.69, 9.17) is 10.00 Å². The fourth-order valence-corrected chi connectivity index (χ4v) is 5.02. The number of hydrogen-bond acceptors (Lipinski definition) is 8. The Morgan fingerprint density at radius 1 is 1.09 bits per heavy atom. The van der Waals surface area contributed by atoms with Gasteiger partial charge in [-0.1, -0.05) is 36.4 Å². The minimum Gasteiger partial charge on any atom is -0.506 e. The molecule has 0 bridgehead atoms. The van der Waals surface area contributed by atoms with Gasteiger partial charge in [0.2, 0.25) is 0 Å². The first-order valence-electron chi connectivity index (χ1n) is 10.4. The molecule has 5 rings (SSSR count). The molecule has 0 spiro atoms. The summed E-state index contributed by atoms with van der Waals surface area (Å²) in [5.41, 5.74) is 0.0540. The van der Waals surface area contributed by atoms with Crippen molar-refractivity contribution >= 4 is 32.6 Å². The van der Waals surface area contributed by atoms with Crippen LogP contribution in [0.1, 0.15) is 11.1 Å². The van der Waals surface area contributed by atoms with Crippen LogP contribution in [-0.4, -0.2) is 35.5 Å². The average molecular weight is 487 g/mol. The fraction of sp³-hybridized carbons (Fsp3) is 0.0833. The van der Waals surface area contributed by atoms with Gasteiger partial charge in [0.15, 0.2) is 12.4 Å². The molecule has 10 nitrogen and oxygen atoms in total. The van der Waals surface area contributed by atoms with Crippen LogP contribution in [0.3, 0.4) is 0 Å². The van der Waals surface area contributed by atoms with Crippen molar-refractivity contribution < 1.29 is 18.3 Å². The first-order chi connectivity index (χ1) is 16.9. The summed E-state index contributed by atoms with van der Waals surface area (Å²) >= 11 is 0. The van der Waals surface area contributed by atoms with Crippen molar-refractivity contribution in [2.45, 2.75) is 11.4 Å². The SMILES string of the molecule is N#CCOc1cccc2c1NC(c1c(O)c3cccnc3n(Cc3ccccc3)c1=O)=NS2(=O)=O. The number of fused-ring (bicyclic) bond motifs is 2. The molecule has 0 fully saturated rings. The van der Waals surface area contributed by atoms with E-state index in [9.17, 15) is 18.3 Å². The quantitative estimate of drug-likeness (QED) is 0.437. The number of pyridine rings is 2. The van der Waals surface area contributed by atoms with Crippen LogP contribution < -0.4 is 15.6 Å². The van der Waals surface area contributed by atoms with E-state index in [0.29, 0.717) is 0 Å².